The molecule has 1 aromatic heterocycles. The van der Waals surface area contributed by atoms with Gasteiger partial charge >= 0.3 is 0 Å². The summed E-state index contributed by atoms with van der Waals surface area (Å²) in [6.45, 7) is 0. The molecule has 126 valence electrons. The second-order valence-electron chi connectivity index (χ2n) is 9.55. The third kappa shape index (κ3) is 2.76. The topological polar surface area (TPSA) is 28.7 Å². The van der Waals surface area contributed by atoms with E-state index in [4.69, 9.17) is 4.98 Å². The third-order valence-electron chi connectivity index (χ3n) is 7.73. The van der Waals surface area contributed by atoms with E-state index >= 15 is 0 Å². The number of nitrogens with one attached hydrogen (secondary N) is 1. The summed E-state index contributed by atoms with van der Waals surface area (Å²) in [6, 6.07) is 0. The molecule has 1 aromatic rings. The zero-order chi connectivity index (χ0) is 15.3. The Morgan fingerprint density at radius 2 is 1.61 bits per heavy atom. The van der Waals surface area contributed by atoms with Gasteiger partial charge in [0.05, 0.1) is 0 Å². The monoisotopic (exact) mass is 312 g/mol. The van der Waals surface area contributed by atoms with Crippen LogP contribution in [0.25, 0.3) is 0 Å². The van der Waals surface area contributed by atoms with Crippen molar-refractivity contribution in [3.8, 4) is 0 Å². The van der Waals surface area contributed by atoms with Crippen LogP contribution in [0, 0.1) is 23.2 Å². The Balaban J connectivity index is 1.24. The molecule has 6 rings (SSSR count). The molecule has 2 heteroatoms. The van der Waals surface area contributed by atoms with Gasteiger partial charge in [-0.1, -0.05) is 19.3 Å². The summed E-state index contributed by atoms with van der Waals surface area (Å²) in [4.78, 5) is 8.45. The highest BCUT2D eigenvalue weighted by molar-refractivity contribution is 5.08. The number of aromatic nitrogens is 2. The number of nitrogens with zero attached hydrogens (tertiary/aromatic N) is 1. The van der Waals surface area contributed by atoms with Crippen LogP contribution < -0.4 is 0 Å². The predicted octanol–water partition coefficient (Wildman–Crippen LogP) is 5.61. The molecule has 5 saturated carbocycles. The van der Waals surface area contributed by atoms with Crippen LogP contribution in [0.1, 0.15) is 94.5 Å². The standard InChI is InChI=1S/C21H32N2/c1-2-4-18(5-3-1)20-22-14-19(23-20)6-7-21-11-15-8-16(12-21)10-17(9-15)13-21/h14-18H,1-13H2,(H,22,23). The summed E-state index contributed by atoms with van der Waals surface area (Å²) in [7, 11) is 0. The summed E-state index contributed by atoms with van der Waals surface area (Å²) in [5.41, 5.74) is 2.13. The van der Waals surface area contributed by atoms with Crippen LogP contribution >= 0.6 is 0 Å². The molecule has 0 saturated heterocycles. The Kier molecular flexibility index (Phi) is 3.56. The van der Waals surface area contributed by atoms with Crippen molar-refractivity contribution >= 4 is 0 Å². The minimum absolute atomic E-state index is 0.713. The first-order chi connectivity index (χ1) is 11.3. The molecule has 1 N–H and O–H groups in total. The second-order valence-corrected chi connectivity index (χ2v) is 9.55. The van der Waals surface area contributed by atoms with Gasteiger partial charge in [0.2, 0.25) is 0 Å². The average Bonchev–Trinajstić information content (AvgIpc) is 3.02. The lowest BCUT2D eigenvalue weighted by Crippen LogP contribution is -2.46. The molecule has 0 aliphatic heterocycles. The SMILES string of the molecule is c1nc(C2CCCCC2)[nH]c1CCC12CC3CC(CC(C3)C1)C2. The lowest BCUT2D eigenvalue weighted by Gasteiger charge is -2.57. The molecule has 5 fully saturated rings. The van der Waals surface area contributed by atoms with Crippen molar-refractivity contribution < 1.29 is 0 Å². The van der Waals surface area contributed by atoms with Gasteiger partial charge in [0.25, 0.3) is 0 Å². The van der Waals surface area contributed by atoms with E-state index in [2.05, 4.69) is 11.2 Å². The fraction of sp³-hybridized carbons (Fsp3) is 0.857. The molecule has 1 heterocycles. The highest BCUT2D eigenvalue weighted by Gasteiger charge is 2.50. The number of aryl methyl sites for hydroxylation is 1. The van der Waals surface area contributed by atoms with E-state index in [1.807, 2.05) is 0 Å². The molecular weight excluding hydrogens is 280 g/mol. The summed E-state index contributed by atoms with van der Waals surface area (Å²) < 4.78 is 0. The molecule has 0 amide bonds. The maximum Gasteiger partial charge on any atom is 0.109 e. The maximum absolute atomic E-state index is 4.75. The highest BCUT2D eigenvalue weighted by atomic mass is 14.9. The van der Waals surface area contributed by atoms with Crippen LogP contribution in [0.4, 0.5) is 0 Å². The number of H-pyrrole nitrogens is 1. The minimum atomic E-state index is 0.713. The molecular formula is C21H32N2. The lowest BCUT2D eigenvalue weighted by atomic mass is 9.48. The van der Waals surface area contributed by atoms with Crippen LogP contribution in [-0.2, 0) is 6.42 Å². The maximum atomic E-state index is 4.75. The van der Waals surface area contributed by atoms with Crippen LogP contribution in [0.2, 0.25) is 0 Å². The van der Waals surface area contributed by atoms with Gasteiger partial charge in [0.1, 0.15) is 5.82 Å². The molecule has 5 aliphatic carbocycles. The van der Waals surface area contributed by atoms with Crippen LogP contribution in [0.15, 0.2) is 6.20 Å². The first kappa shape index (κ1) is 14.5. The van der Waals surface area contributed by atoms with Gasteiger partial charge in [-0.3, -0.25) is 0 Å². The van der Waals surface area contributed by atoms with E-state index in [0.29, 0.717) is 5.41 Å². The number of aromatic amines is 1. The number of hydrogen-bond acceptors (Lipinski definition) is 1. The van der Waals surface area contributed by atoms with E-state index in [1.54, 1.807) is 38.5 Å². The second kappa shape index (κ2) is 5.63. The van der Waals surface area contributed by atoms with Crippen molar-refractivity contribution in [3.63, 3.8) is 0 Å². The number of hydrogen-bond donors (Lipinski definition) is 1. The fourth-order valence-electron chi connectivity index (χ4n) is 7.08. The van der Waals surface area contributed by atoms with E-state index in [0.717, 1.165) is 23.7 Å². The average molecular weight is 313 g/mol. The Bertz CT molecular complexity index is 517. The van der Waals surface area contributed by atoms with Crippen molar-refractivity contribution in [3.05, 3.63) is 17.7 Å². The molecule has 2 nitrogen and oxygen atoms in total. The Labute approximate surface area is 140 Å². The van der Waals surface area contributed by atoms with Crippen molar-refractivity contribution in [1.82, 2.24) is 9.97 Å². The first-order valence-corrected chi connectivity index (χ1v) is 10.3. The lowest BCUT2D eigenvalue weighted by molar-refractivity contribution is -0.0570. The van der Waals surface area contributed by atoms with E-state index in [9.17, 15) is 0 Å². The minimum Gasteiger partial charge on any atom is -0.346 e. The molecule has 0 unspecified atom stereocenters. The van der Waals surface area contributed by atoms with Gasteiger partial charge in [-0.25, -0.2) is 4.98 Å². The number of rotatable bonds is 4. The van der Waals surface area contributed by atoms with Crippen LogP contribution in [0.3, 0.4) is 0 Å². The van der Waals surface area contributed by atoms with Crippen LogP contribution in [-0.4, -0.2) is 9.97 Å². The first-order valence-electron chi connectivity index (χ1n) is 10.3. The summed E-state index contributed by atoms with van der Waals surface area (Å²) in [6.07, 6.45) is 21.1. The van der Waals surface area contributed by atoms with Gasteiger partial charge in [-0.15, -0.1) is 0 Å². The van der Waals surface area contributed by atoms with E-state index < -0.39 is 0 Å². The van der Waals surface area contributed by atoms with Crippen molar-refractivity contribution in [2.45, 2.75) is 89.4 Å². The smallest absolute Gasteiger partial charge is 0.109 e. The molecule has 5 aliphatic rings. The summed E-state index contributed by atoms with van der Waals surface area (Å²) in [5, 5.41) is 0. The van der Waals surface area contributed by atoms with Crippen molar-refractivity contribution in [1.29, 1.82) is 0 Å². The van der Waals surface area contributed by atoms with Gasteiger partial charge in [0.15, 0.2) is 0 Å². The Morgan fingerprint density at radius 3 is 2.26 bits per heavy atom. The van der Waals surface area contributed by atoms with Crippen molar-refractivity contribution in [2.75, 3.05) is 0 Å². The molecule has 0 aromatic carbocycles. The number of imidazole rings is 1. The van der Waals surface area contributed by atoms with Crippen molar-refractivity contribution in [2.24, 2.45) is 23.2 Å². The normalized spacial score (nSPS) is 39.9. The molecule has 4 bridgehead atoms. The zero-order valence-corrected chi connectivity index (χ0v) is 14.5. The Morgan fingerprint density at radius 1 is 0.957 bits per heavy atom. The Hall–Kier alpha value is -0.790. The van der Waals surface area contributed by atoms with Gasteiger partial charge in [-0.05, 0) is 87.4 Å². The van der Waals surface area contributed by atoms with E-state index in [-0.39, 0.29) is 0 Å². The third-order valence-corrected chi connectivity index (χ3v) is 7.73. The largest absolute Gasteiger partial charge is 0.346 e. The van der Waals surface area contributed by atoms with E-state index in [1.165, 1.54) is 56.5 Å². The highest BCUT2D eigenvalue weighted by Crippen LogP contribution is 2.61. The summed E-state index contributed by atoms with van der Waals surface area (Å²) in [5.74, 6) is 5.27. The van der Waals surface area contributed by atoms with Crippen LogP contribution in [0.5, 0.6) is 0 Å². The van der Waals surface area contributed by atoms with Gasteiger partial charge in [0, 0.05) is 17.8 Å². The molecule has 0 radical (unpaired) electrons. The fourth-order valence-corrected chi connectivity index (χ4v) is 7.08. The quantitative estimate of drug-likeness (QED) is 0.769. The van der Waals surface area contributed by atoms with Gasteiger partial charge < -0.3 is 4.98 Å². The molecule has 0 spiro atoms. The zero-order valence-electron chi connectivity index (χ0n) is 14.5. The molecule has 23 heavy (non-hydrogen) atoms. The molecule has 0 atom stereocenters. The van der Waals surface area contributed by atoms with Gasteiger partial charge in [-0.2, -0.15) is 0 Å². The predicted molar refractivity (Wildman–Crippen MR) is 93.3 cm³/mol. The summed E-state index contributed by atoms with van der Waals surface area (Å²) >= 11 is 0.